The van der Waals surface area contributed by atoms with Crippen LogP contribution in [0.5, 0.6) is 0 Å². The van der Waals surface area contributed by atoms with E-state index in [1.165, 1.54) is 0 Å². The number of amides is 1. The molecule has 1 N–H and O–H groups in total. The van der Waals surface area contributed by atoms with Crippen molar-refractivity contribution in [2.24, 2.45) is 5.92 Å². The highest BCUT2D eigenvalue weighted by atomic mass is 32.2. The zero-order valence-electron chi connectivity index (χ0n) is 14.6. The number of aliphatic hydroxyl groups excluding tert-OH is 1. The maximum absolute atomic E-state index is 12.5. The molecule has 1 aliphatic heterocycles. The highest BCUT2D eigenvalue weighted by Crippen LogP contribution is 2.25. The first-order chi connectivity index (χ1) is 12.2. The standard InChI is InChI=1S/C20H25NO3S/c1-25-14-17-7-8-19(24-17)20(23)21-11-9-16(10-12-21)18(22)13-15-5-3-2-4-6-15/h2-8,16,18,22H,9-14H2,1H3/t18-/m0/s1. The Hall–Kier alpha value is -1.72. The van der Waals surface area contributed by atoms with Crippen LogP contribution < -0.4 is 0 Å². The van der Waals surface area contributed by atoms with E-state index in [4.69, 9.17) is 4.42 Å². The van der Waals surface area contributed by atoms with Gasteiger partial charge in [-0.05, 0) is 49.1 Å². The molecule has 2 heterocycles. The van der Waals surface area contributed by atoms with Crippen LogP contribution in [-0.4, -0.2) is 41.4 Å². The van der Waals surface area contributed by atoms with Crippen LogP contribution in [0.3, 0.4) is 0 Å². The lowest BCUT2D eigenvalue weighted by Crippen LogP contribution is -2.41. The minimum atomic E-state index is -0.351. The molecule has 1 saturated heterocycles. The summed E-state index contributed by atoms with van der Waals surface area (Å²) in [5.74, 6) is 2.24. The van der Waals surface area contributed by atoms with E-state index < -0.39 is 0 Å². The molecule has 0 saturated carbocycles. The van der Waals surface area contributed by atoms with Crippen molar-refractivity contribution >= 4 is 17.7 Å². The van der Waals surface area contributed by atoms with Gasteiger partial charge in [-0.15, -0.1) is 0 Å². The fraction of sp³-hybridized carbons (Fsp3) is 0.450. The van der Waals surface area contributed by atoms with Crippen LogP contribution in [0.1, 0.15) is 34.7 Å². The second-order valence-electron chi connectivity index (χ2n) is 6.59. The summed E-state index contributed by atoms with van der Waals surface area (Å²) in [4.78, 5) is 14.4. The second-order valence-corrected chi connectivity index (χ2v) is 7.45. The van der Waals surface area contributed by atoms with Gasteiger partial charge in [0.15, 0.2) is 5.76 Å². The molecule has 0 unspecified atom stereocenters. The SMILES string of the molecule is CSCc1ccc(C(=O)N2CCC([C@@H](O)Cc3ccccc3)CC2)o1. The van der Waals surface area contributed by atoms with Crippen molar-refractivity contribution in [2.45, 2.75) is 31.1 Å². The number of aliphatic hydroxyl groups is 1. The molecule has 2 aromatic rings. The number of likely N-dealkylation sites (tertiary alicyclic amines) is 1. The molecule has 0 radical (unpaired) electrons. The number of thioether (sulfide) groups is 1. The minimum Gasteiger partial charge on any atom is -0.455 e. The van der Waals surface area contributed by atoms with Gasteiger partial charge in [0, 0.05) is 13.1 Å². The second kappa shape index (κ2) is 8.59. The zero-order valence-corrected chi connectivity index (χ0v) is 15.4. The van der Waals surface area contributed by atoms with Gasteiger partial charge in [-0.1, -0.05) is 30.3 Å². The quantitative estimate of drug-likeness (QED) is 0.856. The zero-order chi connectivity index (χ0) is 17.6. The fourth-order valence-corrected chi connectivity index (χ4v) is 3.82. The molecular weight excluding hydrogens is 334 g/mol. The highest BCUT2D eigenvalue weighted by molar-refractivity contribution is 7.97. The van der Waals surface area contributed by atoms with Crippen molar-refractivity contribution in [3.8, 4) is 0 Å². The third-order valence-electron chi connectivity index (χ3n) is 4.82. The summed E-state index contributed by atoms with van der Waals surface area (Å²) in [7, 11) is 0. The summed E-state index contributed by atoms with van der Waals surface area (Å²) in [6.45, 7) is 1.35. The first-order valence-corrected chi connectivity index (χ1v) is 10.2. The molecule has 1 aliphatic rings. The van der Waals surface area contributed by atoms with Gasteiger partial charge in [0.1, 0.15) is 5.76 Å². The number of carbonyl (C=O) groups is 1. The summed E-state index contributed by atoms with van der Waals surface area (Å²) in [5.41, 5.74) is 1.16. The Morgan fingerprint density at radius 2 is 1.96 bits per heavy atom. The maximum Gasteiger partial charge on any atom is 0.289 e. The molecule has 0 spiro atoms. The molecule has 134 valence electrons. The molecule has 0 aliphatic carbocycles. The summed E-state index contributed by atoms with van der Waals surface area (Å²) >= 11 is 1.67. The van der Waals surface area contributed by atoms with Crippen molar-refractivity contribution < 1.29 is 14.3 Å². The molecule has 25 heavy (non-hydrogen) atoms. The summed E-state index contributed by atoms with van der Waals surface area (Å²) in [6, 6.07) is 13.7. The van der Waals surface area contributed by atoms with Gasteiger partial charge in [0.2, 0.25) is 0 Å². The van der Waals surface area contributed by atoms with E-state index in [2.05, 4.69) is 0 Å². The third kappa shape index (κ3) is 4.67. The van der Waals surface area contributed by atoms with Gasteiger partial charge in [-0.25, -0.2) is 0 Å². The number of hydrogen-bond acceptors (Lipinski definition) is 4. The molecular formula is C20H25NO3S. The van der Waals surface area contributed by atoms with Gasteiger partial charge in [0.05, 0.1) is 11.9 Å². The van der Waals surface area contributed by atoms with Crippen LogP contribution in [0.4, 0.5) is 0 Å². The number of benzene rings is 1. The van der Waals surface area contributed by atoms with Crippen LogP contribution in [0.2, 0.25) is 0 Å². The number of piperidine rings is 1. The predicted molar refractivity (Wildman–Crippen MR) is 101 cm³/mol. The smallest absolute Gasteiger partial charge is 0.289 e. The lowest BCUT2D eigenvalue weighted by atomic mass is 9.88. The molecule has 1 aromatic carbocycles. The molecule has 1 fully saturated rings. The Morgan fingerprint density at radius 1 is 1.24 bits per heavy atom. The van der Waals surface area contributed by atoms with Crippen molar-refractivity contribution in [3.05, 3.63) is 59.5 Å². The molecule has 5 heteroatoms. The van der Waals surface area contributed by atoms with Gasteiger partial charge in [-0.2, -0.15) is 11.8 Å². The van der Waals surface area contributed by atoms with Crippen molar-refractivity contribution in [1.29, 1.82) is 0 Å². The maximum atomic E-state index is 12.5. The number of carbonyl (C=O) groups excluding carboxylic acids is 1. The summed E-state index contributed by atoms with van der Waals surface area (Å²) < 4.78 is 5.63. The van der Waals surface area contributed by atoms with E-state index in [1.807, 2.05) is 47.6 Å². The minimum absolute atomic E-state index is 0.0386. The van der Waals surface area contributed by atoms with E-state index >= 15 is 0 Å². The van der Waals surface area contributed by atoms with Crippen molar-refractivity contribution in [2.75, 3.05) is 19.3 Å². The van der Waals surface area contributed by atoms with Crippen LogP contribution in [0.25, 0.3) is 0 Å². The Labute approximate surface area is 153 Å². The van der Waals surface area contributed by atoms with Gasteiger partial charge in [0.25, 0.3) is 5.91 Å². The van der Waals surface area contributed by atoms with E-state index in [9.17, 15) is 9.90 Å². The van der Waals surface area contributed by atoms with Crippen LogP contribution in [0, 0.1) is 5.92 Å². The number of nitrogens with zero attached hydrogens (tertiary/aromatic N) is 1. The molecule has 1 amide bonds. The summed E-state index contributed by atoms with van der Waals surface area (Å²) in [5, 5.41) is 10.5. The average molecular weight is 359 g/mol. The Balaban J connectivity index is 1.51. The van der Waals surface area contributed by atoms with Gasteiger partial charge in [-0.3, -0.25) is 4.79 Å². The monoisotopic (exact) mass is 359 g/mol. The number of hydrogen-bond donors (Lipinski definition) is 1. The van der Waals surface area contributed by atoms with Crippen molar-refractivity contribution in [3.63, 3.8) is 0 Å². The first-order valence-electron chi connectivity index (χ1n) is 8.76. The largest absolute Gasteiger partial charge is 0.455 e. The van der Waals surface area contributed by atoms with Crippen LogP contribution in [-0.2, 0) is 12.2 Å². The molecule has 3 rings (SSSR count). The van der Waals surface area contributed by atoms with Gasteiger partial charge >= 0.3 is 0 Å². The van der Waals surface area contributed by atoms with Gasteiger partial charge < -0.3 is 14.4 Å². The number of rotatable bonds is 6. The molecule has 4 nitrogen and oxygen atoms in total. The Kier molecular flexibility index (Phi) is 6.21. The van der Waals surface area contributed by atoms with E-state index in [-0.39, 0.29) is 17.9 Å². The fourth-order valence-electron chi connectivity index (χ4n) is 3.38. The van der Waals surface area contributed by atoms with Crippen LogP contribution in [0.15, 0.2) is 46.9 Å². The van der Waals surface area contributed by atoms with E-state index in [1.54, 1.807) is 17.8 Å². The lowest BCUT2D eigenvalue weighted by Gasteiger charge is -2.34. The van der Waals surface area contributed by atoms with Crippen molar-refractivity contribution in [1.82, 2.24) is 4.90 Å². The normalized spacial score (nSPS) is 16.8. The Bertz CT molecular complexity index is 677. The Morgan fingerprint density at radius 3 is 2.64 bits per heavy atom. The summed E-state index contributed by atoms with van der Waals surface area (Å²) in [6.07, 6.45) is 4.00. The predicted octanol–water partition coefficient (Wildman–Crippen LogP) is 3.60. The lowest BCUT2D eigenvalue weighted by molar-refractivity contribution is 0.0447. The highest BCUT2D eigenvalue weighted by Gasteiger charge is 2.29. The number of furan rings is 1. The van der Waals surface area contributed by atoms with E-state index in [0.717, 1.165) is 29.9 Å². The molecule has 1 atom stereocenters. The van der Waals surface area contributed by atoms with E-state index in [0.29, 0.717) is 25.3 Å². The topological polar surface area (TPSA) is 53.7 Å². The third-order valence-corrected chi connectivity index (χ3v) is 5.39. The average Bonchev–Trinajstić information content (AvgIpc) is 3.11. The first kappa shape index (κ1) is 18.1. The van der Waals surface area contributed by atoms with Crippen LogP contribution >= 0.6 is 11.8 Å². The molecule has 0 bridgehead atoms. The molecule has 1 aromatic heterocycles.